The van der Waals surface area contributed by atoms with E-state index in [2.05, 4.69) is 9.97 Å². The predicted molar refractivity (Wildman–Crippen MR) is 112 cm³/mol. The van der Waals surface area contributed by atoms with Gasteiger partial charge in [0.15, 0.2) is 11.3 Å². The molecule has 1 saturated carbocycles. The van der Waals surface area contributed by atoms with Crippen LogP contribution in [0.1, 0.15) is 47.6 Å². The van der Waals surface area contributed by atoms with Crippen LogP contribution in [0.15, 0.2) is 30.3 Å². The lowest BCUT2D eigenvalue weighted by molar-refractivity contribution is 0.0594. The third-order valence-electron chi connectivity index (χ3n) is 5.49. The molecule has 0 radical (unpaired) electrons. The fourth-order valence-corrected chi connectivity index (χ4v) is 4.06. The van der Waals surface area contributed by atoms with Crippen LogP contribution in [0.25, 0.3) is 11.2 Å². The standard InChI is InChI=1S/C22H24ClN3O3/c1-14-24-19-9-10-20(22(27)28-2)25-21(19)26(14)12-16-7-8-17(11-18(16)23)29-13-15-5-3-4-6-15/h7-11,15H,3-6,12-13H2,1-2H3. The SMILES string of the molecule is COC(=O)c1ccc2nc(C)n(Cc3ccc(OCC4CCCC4)cc3Cl)c2n1. The van der Waals surface area contributed by atoms with Crippen molar-refractivity contribution >= 4 is 28.7 Å². The minimum Gasteiger partial charge on any atom is -0.493 e. The summed E-state index contributed by atoms with van der Waals surface area (Å²) < 4.78 is 12.7. The van der Waals surface area contributed by atoms with Gasteiger partial charge in [-0.2, -0.15) is 0 Å². The van der Waals surface area contributed by atoms with Crippen molar-refractivity contribution in [2.45, 2.75) is 39.2 Å². The van der Waals surface area contributed by atoms with E-state index in [4.69, 9.17) is 21.1 Å². The number of hydrogen-bond acceptors (Lipinski definition) is 5. The summed E-state index contributed by atoms with van der Waals surface area (Å²) in [6.45, 7) is 3.16. The van der Waals surface area contributed by atoms with Crippen LogP contribution in [0.4, 0.5) is 0 Å². The van der Waals surface area contributed by atoms with Crippen molar-refractivity contribution < 1.29 is 14.3 Å². The second-order valence-electron chi connectivity index (χ2n) is 7.49. The number of aryl methyl sites for hydroxylation is 1. The van der Waals surface area contributed by atoms with Crippen LogP contribution in [-0.2, 0) is 11.3 Å². The maximum absolute atomic E-state index is 11.8. The smallest absolute Gasteiger partial charge is 0.356 e. The van der Waals surface area contributed by atoms with Crippen molar-refractivity contribution in [1.29, 1.82) is 0 Å². The highest BCUT2D eigenvalue weighted by Crippen LogP contribution is 2.28. The Morgan fingerprint density at radius 1 is 1.21 bits per heavy atom. The van der Waals surface area contributed by atoms with E-state index in [1.165, 1.54) is 32.8 Å². The Kier molecular flexibility index (Phi) is 5.72. The van der Waals surface area contributed by atoms with Gasteiger partial charge in [0, 0.05) is 5.02 Å². The third kappa shape index (κ3) is 4.22. The summed E-state index contributed by atoms with van der Waals surface area (Å²) in [5.74, 6) is 1.78. The van der Waals surface area contributed by atoms with Gasteiger partial charge < -0.3 is 14.0 Å². The van der Waals surface area contributed by atoms with Gasteiger partial charge in [0.1, 0.15) is 17.1 Å². The molecule has 0 amide bonds. The van der Waals surface area contributed by atoms with Crippen LogP contribution < -0.4 is 4.74 Å². The molecule has 0 N–H and O–H groups in total. The fourth-order valence-electron chi connectivity index (χ4n) is 3.83. The fraction of sp³-hybridized carbons (Fsp3) is 0.409. The van der Waals surface area contributed by atoms with Crippen LogP contribution in [0.2, 0.25) is 5.02 Å². The largest absolute Gasteiger partial charge is 0.493 e. The number of carbonyl (C=O) groups excluding carboxylic acids is 1. The van der Waals surface area contributed by atoms with E-state index in [0.717, 1.165) is 29.3 Å². The number of ether oxygens (including phenoxy) is 2. The Hall–Kier alpha value is -2.60. The highest BCUT2D eigenvalue weighted by Gasteiger charge is 2.17. The zero-order chi connectivity index (χ0) is 20.4. The van der Waals surface area contributed by atoms with Gasteiger partial charge in [-0.1, -0.05) is 30.5 Å². The van der Waals surface area contributed by atoms with E-state index < -0.39 is 5.97 Å². The van der Waals surface area contributed by atoms with Crippen molar-refractivity contribution in [1.82, 2.24) is 14.5 Å². The molecule has 0 aliphatic heterocycles. The zero-order valence-electron chi connectivity index (χ0n) is 16.7. The number of benzene rings is 1. The number of rotatable bonds is 6. The molecule has 152 valence electrons. The number of nitrogens with zero attached hydrogens (tertiary/aromatic N) is 3. The summed E-state index contributed by atoms with van der Waals surface area (Å²) in [4.78, 5) is 20.8. The zero-order valence-corrected chi connectivity index (χ0v) is 17.4. The molecule has 7 heteroatoms. The first kappa shape index (κ1) is 19.7. The van der Waals surface area contributed by atoms with Gasteiger partial charge in [-0.3, -0.25) is 0 Å². The molecule has 6 nitrogen and oxygen atoms in total. The maximum Gasteiger partial charge on any atom is 0.356 e. The lowest BCUT2D eigenvalue weighted by Gasteiger charge is -2.13. The summed E-state index contributed by atoms with van der Waals surface area (Å²) in [6, 6.07) is 9.20. The summed E-state index contributed by atoms with van der Waals surface area (Å²) in [5.41, 5.74) is 2.54. The maximum atomic E-state index is 11.8. The Bertz CT molecular complexity index is 1040. The molecule has 0 spiro atoms. The molecule has 1 fully saturated rings. The number of esters is 1. The first-order valence-electron chi connectivity index (χ1n) is 9.88. The average molecular weight is 414 g/mol. The molecule has 2 heterocycles. The summed E-state index contributed by atoms with van der Waals surface area (Å²) in [6.07, 6.45) is 5.11. The number of fused-ring (bicyclic) bond motifs is 1. The second-order valence-corrected chi connectivity index (χ2v) is 7.90. The van der Waals surface area contributed by atoms with Gasteiger partial charge in [-0.05, 0) is 55.5 Å². The van der Waals surface area contributed by atoms with Gasteiger partial charge in [0.2, 0.25) is 0 Å². The molecular weight excluding hydrogens is 390 g/mol. The van der Waals surface area contributed by atoms with Crippen LogP contribution in [-0.4, -0.2) is 34.2 Å². The molecule has 0 saturated heterocycles. The summed E-state index contributed by atoms with van der Waals surface area (Å²) in [5, 5.41) is 0.638. The number of aromatic nitrogens is 3. The van der Waals surface area contributed by atoms with E-state index in [1.807, 2.05) is 29.7 Å². The number of imidazole rings is 1. The monoisotopic (exact) mass is 413 g/mol. The number of hydrogen-bond donors (Lipinski definition) is 0. The number of pyridine rings is 1. The lowest BCUT2D eigenvalue weighted by Crippen LogP contribution is -2.09. The highest BCUT2D eigenvalue weighted by molar-refractivity contribution is 6.31. The Morgan fingerprint density at radius 2 is 2.00 bits per heavy atom. The second kappa shape index (κ2) is 8.41. The van der Waals surface area contributed by atoms with E-state index in [9.17, 15) is 4.79 Å². The van der Waals surface area contributed by atoms with Gasteiger partial charge >= 0.3 is 5.97 Å². The van der Waals surface area contributed by atoms with Crippen molar-refractivity contribution in [3.05, 3.63) is 52.4 Å². The van der Waals surface area contributed by atoms with Gasteiger partial charge in [-0.15, -0.1) is 0 Å². The van der Waals surface area contributed by atoms with Crippen LogP contribution in [0.5, 0.6) is 5.75 Å². The molecular formula is C22H24ClN3O3. The van der Waals surface area contributed by atoms with Crippen molar-refractivity contribution in [3.8, 4) is 5.75 Å². The van der Waals surface area contributed by atoms with Crippen LogP contribution >= 0.6 is 11.6 Å². The molecule has 2 aromatic heterocycles. The van der Waals surface area contributed by atoms with Crippen molar-refractivity contribution in [3.63, 3.8) is 0 Å². The van der Waals surface area contributed by atoms with Gasteiger partial charge in [0.05, 0.1) is 20.3 Å². The Balaban J connectivity index is 1.55. The molecule has 0 unspecified atom stereocenters. The lowest BCUT2D eigenvalue weighted by atomic mass is 10.1. The number of halogens is 1. The van der Waals surface area contributed by atoms with Gasteiger partial charge in [0.25, 0.3) is 0 Å². The molecule has 1 aromatic carbocycles. The van der Waals surface area contributed by atoms with E-state index in [1.54, 1.807) is 12.1 Å². The topological polar surface area (TPSA) is 66.2 Å². The first-order chi connectivity index (χ1) is 14.0. The Morgan fingerprint density at radius 3 is 2.72 bits per heavy atom. The van der Waals surface area contributed by atoms with E-state index in [-0.39, 0.29) is 5.69 Å². The minimum absolute atomic E-state index is 0.253. The highest BCUT2D eigenvalue weighted by atomic mass is 35.5. The van der Waals surface area contributed by atoms with E-state index >= 15 is 0 Å². The molecule has 0 atom stereocenters. The Labute approximate surface area is 174 Å². The van der Waals surface area contributed by atoms with Crippen molar-refractivity contribution in [2.75, 3.05) is 13.7 Å². The quantitative estimate of drug-likeness (QED) is 0.543. The first-order valence-corrected chi connectivity index (χ1v) is 10.3. The molecule has 0 bridgehead atoms. The molecule has 3 aromatic rings. The molecule has 1 aliphatic carbocycles. The van der Waals surface area contributed by atoms with Crippen molar-refractivity contribution in [2.24, 2.45) is 5.92 Å². The number of carbonyl (C=O) groups is 1. The normalized spacial score (nSPS) is 14.4. The molecule has 1 aliphatic rings. The third-order valence-corrected chi connectivity index (χ3v) is 5.84. The summed E-state index contributed by atoms with van der Waals surface area (Å²) >= 11 is 6.54. The molecule has 4 rings (SSSR count). The average Bonchev–Trinajstić information content (AvgIpc) is 3.35. The summed E-state index contributed by atoms with van der Waals surface area (Å²) in [7, 11) is 1.34. The minimum atomic E-state index is -0.473. The van der Waals surface area contributed by atoms with Crippen LogP contribution in [0, 0.1) is 12.8 Å². The predicted octanol–water partition coefficient (Wildman–Crippen LogP) is 4.80. The van der Waals surface area contributed by atoms with Crippen LogP contribution in [0.3, 0.4) is 0 Å². The number of methoxy groups -OCH3 is 1. The van der Waals surface area contributed by atoms with Gasteiger partial charge in [-0.25, -0.2) is 14.8 Å². The van der Waals surface area contributed by atoms with E-state index in [0.29, 0.717) is 23.1 Å². The molecule has 29 heavy (non-hydrogen) atoms.